The molecular formula is C19H18BrFN2O3. The number of nitrogens with one attached hydrogen (secondary N) is 2. The molecule has 7 heteroatoms. The fourth-order valence-electron chi connectivity index (χ4n) is 2.24. The van der Waals surface area contributed by atoms with Crippen LogP contribution in [0.15, 0.2) is 59.6 Å². The summed E-state index contributed by atoms with van der Waals surface area (Å²) >= 11 is 3.06. The predicted molar refractivity (Wildman–Crippen MR) is 99.9 cm³/mol. The highest BCUT2D eigenvalue weighted by Gasteiger charge is 2.16. The standard InChI is InChI=1S/C19H18BrFN2O3/c1-2-18(25)22-10-12-3-5-13(6-4-12)19(26)23-17(11-24)14-7-8-15(20)16(21)9-14/h2-9,17,24H,1,10-11H2,(H,22,25)(H,23,26). The van der Waals surface area contributed by atoms with Crippen LogP contribution in [0.4, 0.5) is 4.39 Å². The number of hydrogen-bond donors (Lipinski definition) is 3. The Labute approximate surface area is 159 Å². The molecule has 0 heterocycles. The first-order chi connectivity index (χ1) is 12.4. The minimum Gasteiger partial charge on any atom is -0.394 e. The highest BCUT2D eigenvalue weighted by Crippen LogP contribution is 2.21. The number of hydrogen-bond acceptors (Lipinski definition) is 3. The number of halogens is 2. The molecule has 0 bridgehead atoms. The zero-order chi connectivity index (χ0) is 19.1. The SMILES string of the molecule is C=CC(=O)NCc1ccc(C(=O)NC(CO)c2ccc(Br)c(F)c2)cc1. The highest BCUT2D eigenvalue weighted by atomic mass is 79.9. The molecular weight excluding hydrogens is 403 g/mol. The van der Waals surface area contributed by atoms with Crippen molar-refractivity contribution in [2.45, 2.75) is 12.6 Å². The van der Waals surface area contributed by atoms with Crippen LogP contribution in [0.1, 0.15) is 27.5 Å². The molecule has 0 fully saturated rings. The van der Waals surface area contributed by atoms with E-state index in [0.29, 0.717) is 22.1 Å². The molecule has 3 N–H and O–H groups in total. The van der Waals surface area contributed by atoms with Gasteiger partial charge in [0.2, 0.25) is 5.91 Å². The molecule has 2 aromatic rings. The Morgan fingerprint density at radius 3 is 2.50 bits per heavy atom. The van der Waals surface area contributed by atoms with E-state index in [2.05, 4.69) is 33.1 Å². The van der Waals surface area contributed by atoms with Gasteiger partial charge < -0.3 is 15.7 Å². The second kappa shape index (κ2) is 9.26. The molecule has 0 saturated heterocycles. The van der Waals surface area contributed by atoms with E-state index >= 15 is 0 Å². The van der Waals surface area contributed by atoms with Gasteiger partial charge >= 0.3 is 0 Å². The van der Waals surface area contributed by atoms with Gasteiger partial charge in [0.25, 0.3) is 5.91 Å². The molecule has 2 aromatic carbocycles. The van der Waals surface area contributed by atoms with Crippen LogP contribution >= 0.6 is 15.9 Å². The van der Waals surface area contributed by atoms with Crippen LogP contribution in [0.5, 0.6) is 0 Å². The van der Waals surface area contributed by atoms with Crippen molar-refractivity contribution in [2.24, 2.45) is 0 Å². The molecule has 0 aromatic heterocycles. The molecule has 136 valence electrons. The average molecular weight is 421 g/mol. The number of amides is 2. The lowest BCUT2D eigenvalue weighted by Gasteiger charge is -2.17. The number of aliphatic hydroxyl groups excluding tert-OH is 1. The van der Waals surface area contributed by atoms with Crippen LogP contribution in [0.2, 0.25) is 0 Å². The van der Waals surface area contributed by atoms with E-state index in [1.54, 1.807) is 30.3 Å². The van der Waals surface area contributed by atoms with Gasteiger partial charge in [-0.25, -0.2) is 4.39 Å². The van der Waals surface area contributed by atoms with Gasteiger partial charge in [-0.1, -0.05) is 24.8 Å². The van der Waals surface area contributed by atoms with Crippen LogP contribution in [0, 0.1) is 5.82 Å². The summed E-state index contributed by atoms with van der Waals surface area (Å²) in [5.41, 5.74) is 1.68. The third-order valence-electron chi connectivity index (χ3n) is 3.70. The Kier molecular flexibility index (Phi) is 7.06. The topological polar surface area (TPSA) is 78.4 Å². The average Bonchev–Trinajstić information content (AvgIpc) is 2.66. The summed E-state index contributed by atoms with van der Waals surface area (Å²) in [6.07, 6.45) is 1.18. The third-order valence-corrected chi connectivity index (χ3v) is 4.35. The Balaban J connectivity index is 2.04. The smallest absolute Gasteiger partial charge is 0.251 e. The van der Waals surface area contributed by atoms with E-state index in [0.717, 1.165) is 5.56 Å². The molecule has 2 amide bonds. The molecule has 0 aliphatic rings. The summed E-state index contributed by atoms with van der Waals surface area (Å²) in [7, 11) is 0. The normalized spacial score (nSPS) is 11.5. The van der Waals surface area contributed by atoms with Gasteiger partial charge in [-0.05, 0) is 57.4 Å². The molecule has 0 saturated carbocycles. The van der Waals surface area contributed by atoms with Gasteiger partial charge in [0.1, 0.15) is 5.82 Å². The van der Waals surface area contributed by atoms with Gasteiger partial charge in [-0.15, -0.1) is 0 Å². The van der Waals surface area contributed by atoms with Gasteiger partial charge in [-0.3, -0.25) is 9.59 Å². The molecule has 0 aliphatic heterocycles. The van der Waals surface area contributed by atoms with Crippen LogP contribution < -0.4 is 10.6 Å². The molecule has 0 aliphatic carbocycles. The first-order valence-corrected chi connectivity index (χ1v) is 8.59. The van der Waals surface area contributed by atoms with Gasteiger partial charge in [0.15, 0.2) is 0 Å². The zero-order valence-electron chi connectivity index (χ0n) is 13.8. The summed E-state index contributed by atoms with van der Waals surface area (Å²) in [5.74, 6) is -1.14. The van der Waals surface area contributed by atoms with Crippen LogP contribution in [0.25, 0.3) is 0 Å². The Bertz CT molecular complexity index is 809. The molecule has 2 rings (SSSR count). The number of carbonyl (C=O) groups is 2. The maximum absolute atomic E-state index is 13.7. The van der Waals surface area contributed by atoms with Gasteiger partial charge in [0.05, 0.1) is 17.1 Å². The van der Waals surface area contributed by atoms with E-state index in [9.17, 15) is 19.1 Å². The number of rotatable bonds is 7. The third kappa shape index (κ3) is 5.24. The lowest BCUT2D eigenvalue weighted by molar-refractivity contribution is -0.116. The predicted octanol–water partition coefficient (Wildman–Crippen LogP) is 2.85. The van der Waals surface area contributed by atoms with Gasteiger partial charge in [0, 0.05) is 12.1 Å². The second-order valence-electron chi connectivity index (χ2n) is 5.50. The molecule has 26 heavy (non-hydrogen) atoms. The first-order valence-electron chi connectivity index (χ1n) is 7.80. The number of benzene rings is 2. The zero-order valence-corrected chi connectivity index (χ0v) is 15.4. The molecule has 5 nitrogen and oxygen atoms in total. The maximum Gasteiger partial charge on any atom is 0.251 e. The summed E-state index contributed by atoms with van der Waals surface area (Å²) < 4.78 is 14.0. The van der Waals surface area contributed by atoms with Crippen LogP contribution in [0.3, 0.4) is 0 Å². The largest absolute Gasteiger partial charge is 0.394 e. The fraction of sp³-hybridized carbons (Fsp3) is 0.158. The minimum absolute atomic E-state index is 0.278. The van der Waals surface area contributed by atoms with Crippen molar-refractivity contribution in [3.63, 3.8) is 0 Å². The van der Waals surface area contributed by atoms with Gasteiger partial charge in [-0.2, -0.15) is 0 Å². The van der Waals surface area contributed by atoms with E-state index in [4.69, 9.17) is 0 Å². The van der Waals surface area contributed by atoms with E-state index in [-0.39, 0.29) is 12.5 Å². The fourth-order valence-corrected chi connectivity index (χ4v) is 2.49. The van der Waals surface area contributed by atoms with Crippen LogP contribution in [-0.2, 0) is 11.3 Å². The summed E-state index contributed by atoms with van der Waals surface area (Å²) in [5, 5.41) is 14.8. The molecule has 0 spiro atoms. The first kappa shape index (κ1) is 19.8. The van der Waals surface area contributed by atoms with Crippen molar-refractivity contribution in [1.29, 1.82) is 0 Å². The second-order valence-corrected chi connectivity index (χ2v) is 6.36. The Hall–Kier alpha value is -2.51. The van der Waals surface area contributed by atoms with Crippen molar-refractivity contribution in [1.82, 2.24) is 10.6 Å². The number of carbonyl (C=O) groups excluding carboxylic acids is 2. The maximum atomic E-state index is 13.7. The number of aliphatic hydroxyl groups is 1. The minimum atomic E-state index is -0.725. The van der Waals surface area contributed by atoms with Crippen molar-refractivity contribution in [3.05, 3.63) is 82.1 Å². The molecule has 0 radical (unpaired) electrons. The molecule has 1 atom stereocenters. The summed E-state index contributed by atoms with van der Waals surface area (Å²) in [6, 6.07) is 10.3. The highest BCUT2D eigenvalue weighted by molar-refractivity contribution is 9.10. The Morgan fingerprint density at radius 1 is 1.23 bits per heavy atom. The van der Waals surface area contributed by atoms with E-state index in [1.807, 2.05) is 0 Å². The van der Waals surface area contributed by atoms with Crippen molar-refractivity contribution in [3.8, 4) is 0 Å². The van der Waals surface area contributed by atoms with E-state index < -0.39 is 17.8 Å². The lowest BCUT2D eigenvalue weighted by atomic mass is 10.1. The quantitative estimate of drug-likeness (QED) is 0.602. The van der Waals surface area contributed by atoms with Crippen molar-refractivity contribution >= 4 is 27.7 Å². The lowest BCUT2D eigenvalue weighted by Crippen LogP contribution is -2.30. The summed E-state index contributed by atoms with van der Waals surface area (Å²) in [4.78, 5) is 23.5. The van der Waals surface area contributed by atoms with Crippen molar-refractivity contribution in [2.75, 3.05) is 6.61 Å². The Morgan fingerprint density at radius 2 is 1.92 bits per heavy atom. The molecule has 1 unspecified atom stereocenters. The summed E-state index contributed by atoms with van der Waals surface area (Å²) in [6.45, 7) is 3.33. The van der Waals surface area contributed by atoms with E-state index in [1.165, 1.54) is 18.2 Å². The van der Waals surface area contributed by atoms with Crippen LogP contribution in [-0.4, -0.2) is 23.5 Å². The monoisotopic (exact) mass is 420 g/mol. The van der Waals surface area contributed by atoms with Crippen molar-refractivity contribution < 1.29 is 19.1 Å².